The smallest absolute Gasteiger partial charge is 0.308 e. The fraction of sp³-hybridized carbons (Fsp3) is 0.0588. The van der Waals surface area contributed by atoms with E-state index in [9.17, 15) is 9.59 Å². The summed E-state index contributed by atoms with van der Waals surface area (Å²) >= 11 is 5.83. The van der Waals surface area contributed by atoms with Crippen LogP contribution >= 0.6 is 11.6 Å². The van der Waals surface area contributed by atoms with Gasteiger partial charge in [0, 0.05) is 22.9 Å². The second kappa shape index (κ2) is 5.66. The molecule has 0 amide bonds. The van der Waals surface area contributed by atoms with E-state index in [1.54, 1.807) is 42.5 Å². The average molecular weight is 315 g/mol. The van der Waals surface area contributed by atoms with E-state index in [4.69, 9.17) is 20.8 Å². The van der Waals surface area contributed by atoms with Crippen LogP contribution in [0, 0.1) is 0 Å². The summed E-state index contributed by atoms with van der Waals surface area (Å²) in [6.07, 6.45) is 1.40. The van der Waals surface area contributed by atoms with Crippen molar-refractivity contribution in [2.75, 3.05) is 0 Å². The van der Waals surface area contributed by atoms with Crippen molar-refractivity contribution in [2.45, 2.75) is 6.92 Å². The molecule has 0 aliphatic heterocycles. The molecule has 0 atom stereocenters. The molecule has 22 heavy (non-hydrogen) atoms. The highest BCUT2D eigenvalue weighted by atomic mass is 35.5. The van der Waals surface area contributed by atoms with Crippen LogP contribution < -0.4 is 4.74 Å². The molecule has 1 heterocycles. The van der Waals surface area contributed by atoms with Crippen LogP contribution in [0.2, 0.25) is 5.02 Å². The molecule has 1 aromatic heterocycles. The SMILES string of the molecule is CC(=O)Oc1ccc2occ(C(=O)c3ccc(Cl)cc3)c2c1. The number of esters is 1. The molecular weight excluding hydrogens is 304 g/mol. The van der Waals surface area contributed by atoms with Gasteiger partial charge < -0.3 is 9.15 Å². The fourth-order valence-corrected chi connectivity index (χ4v) is 2.30. The van der Waals surface area contributed by atoms with E-state index in [-0.39, 0.29) is 5.78 Å². The first kappa shape index (κ1) is 14.4. The average Bonchev–Trinajstić information content (AvgIpc) is 2.90. The number of carbonyl (C=O) groups excluding carboxylic acids is 2. The summed E-state index contributed by atoms with van der Waals surface area (Å²) in [5.74, 6) is -0.240. The van der Waals surface area contributed by atoms with Gasteiger partial charge in [0.05, 0.1) is 5.56 Å². The van der Waals surface area contributed by atoms with Crippen molar-refractivity contribution in [1.29, 1.82) is 0 Å². The van der Waals surface area contributed by atoms with E-state index in [1.807, 2.05) is 0 Å². The molecular formula is C17H11ClO4. The highest BCUT2D eigenvalue weighted by molar-refractivity contribution is 6.30. The van der Waals surface area contributed by atoms with Crippen LogP contribution in [0.3, 0.4) is 0 Å². The number of fused-ring (bicyclic) bond motifs is 1. The van der Waals surface area contributed by atoms with Crippen molar-refractivity contribution in [3.05, 3.63) is 64.9 Å². The van der Waals surface area contributed by atoms with Crippen LogP contribution in [-0.2, 0) is 4.79 Å². The van der Waals surface area contributed by atoms with Crippen molar-refractivity contribution in [3.8, 4) is 5.75 Å². The summed E-state index contributed by atoms with van der Waals surface area (Å²) in [5.41, 5.74) is 1.46. The lowest BCUT2D eigenvalue weighted by atomic mass is 10.0. The maximum absolute atomic E-state index is 12.6. The molecule has 0 fully saturated rings. The molecule has 3 rings (SSSR count). The van der Waals surface area contributed by atoms with Gasteiger partial charge in [0.2, 0.25) is 0 Å². The van der Waals surface area contributed by atoms with E-state index in [1.165, 1.54) is 13.2 Å². The third-order valence-electron chi connectivity index (χ3n) is 3.16. The van der Waals surface area contributed by atoms with Crippen LogP contribution in [0.25, 0.3) is 11.0 Å². The molecule has 0 N–H and O–H groups in total. The Morgan fingerprint density at radius 2 is 1.82 bits per heavy atom. The van der Waals surface area contributed by atoms with Crippen LogP contribution in [-0.4, -0.2) is 11.8 Å². The highest BCUT2D eigenvalue weighted by Crippen LogP contribution is 2.28. The van der Waals surface area contributed by atoms with Crippen LogP contribution in [0.1, 0.15) is 22.8 Å². The molecule has 0 saturated heterocycles. The summed E-state index contributed by atoms with van der Waals surface area (Å²) < 4.78 is 10.4. The zero-order chi connectivity index (χ0) is 15.7. The lowest BCUT2D eigenvalue weighted by Crippen LogP contribution is -2.02. The third kappa shape index (κ3) is 2.73. The van der Waals surface area contributed by atoms with Crippen molar-refractivity contribution in [1.82, 2.24) is 0 Å². The summed E-state index contributed by atoms with van der Waals surface area (Å²) in [7, 11) is 0. The third-order valence-corrected chi connectivity index (χ3v) is 3.41. The van der Waals surface area contributed by atoms with Gasteiger partial charge in [-0.05, 0) is 42.5 Å². The number of ketones is 1. The fourth-order valence-electron chi connectivity index (χ4n) is 2.17. The maximum Gasteiger partial charge on any atom is 0.308 e. The predicted octanol–water partition coefficient (Wildman–Crippen LogP) is 4.24. The Hall–Kier alpha value is -2.59. The topological polar surface area (TPSA) is 56.5 Å². The predicted molar refractivity (Wildman–Crippen MR) is 82.4 cm³/mol. The quantitative estimate of drug-likeness (QED) is 0.412. The van der Waals surface area contributed by atoms with Gasteiger partial charge in [-0.2, -0.15) is 0 Å². The Morgan fingerprint density at radius 3 is 2.50 bits per heavy atom. The molecule has 0 aliphatic rings. The van der Waals surface area contributed by atoms with E-state index in [0.29, 0.717) is 32.9 Å². The number of furan rings is 1. The number of hydrogen-bond acceptors (Lipinski definition) is 4. The summed E-state index contributed by atoms with van der Waals surface area (Å²) in [4.78, 5) is 23.6. The monoisotopic (exact) mass is 314 g/mol. The number of hydrogen-bond donors (Lipinski definition) is 0. The molecule has 0 unspecified atom stereocenters. The summed E-state index contributed by atoms with van der Waals surface area (Å²) in [6.45, 7) is 1.32. The van der Waals surface area contributed by atoms with E-state index < -0.39 is 5.97 Å². The molecule has 0 radical (unpaired) electrons. The molecule has 4 nitrogen and oxygen atoms in total. The van der Waals surface area contributed by atoms with Crippen molar-refractivity contribution in [3.63, 3.8) is 0 Å². The van der Waals surface area contributed by atoms with Gasteiger partial charge in [0.25, 0.3) is 0 Å². The molecule has 110 valence electrons. The van der Waals surface area contributed by atoms with Crippen LogP contribution in [0.15, 0.2) is 53.1 Å². The van der Waals surface area contributed by atoms with Crippen LogP contribution in [0.5, 0.6) is 5.75 Å². The number of halogens is 1. The largest absolute Gasteiger partial charge is 0.464 e. The lowest BCUT2D eigenvalue weighted by molar-refractivity contribution is -0.131. The van der Waals surface area contributed by atoms with E-state index >= 15 is 0 Å². The zero-order valence-corrected chi connectivity index (χ0v) is 12.4. The Labute approximate surface area is 131 Å². The van der Waals surface area contributed by atoms with E-state index in [0.717, 1.165) is 0 Å². The molecule has 0 saturated carbocycles. The zero-order valence-electron chi connectivity index (χ0n) is 11.6. The Balaban J connectivity index is 2.04. The van der Waals surface area contributed by atoms with Gasteiger partial charge in [0.15, 0.2) is 5.78 Å². The minimum atomic E-state index is -0.423. The second-order valence-corrected chi connectivity index (χ2v) is 5.17. The Morgan fingerprint density at radius 1 is 1.09 bits per heavy atom. The van der Waals surface area contributed by atoms with Gasteiger partial charge in [-0.3, -0.25) is 9.59 Å². The van der Waals surface area contributed by atoms with Crippen molar-refractivity contribution >= 4 is 34.3 Å². The molecule has 0 bridgehead atoms. The Bertz CT molecular complexity index is 862. The summed E-state index contributed by atoms with van der Waals surface area (Å²) in [6, 6.07) is 11.5. The van der Waals surface area contributed by atoms with Gasteiger partial charge >= 0.3 is 5.97 Å². The van der Waals surface area contributed by atoms with E-state index in [2.05, 4.69) is 0 Å². The van der Waals surface area contributed by atoms with Gasteiger partial charge in [0.1, 0.15) is 17.6 Å². The molecule has 0 spiro atoms. The minimum Gasteiger partial charge on any atom is -0.464 e. The number of ether oxygens (including phenoxy) is 1. The van der Waals surface area contributed by atoms with Crippen molar-refractivity contribution in [2.24, 2.45) is 0 Å². The molecule has 2 aromatic carbocycles. The number of carbonyl (C=O) groups is 2. The van der Waals surface area contributed by atoms with Gasteiger partial charge in [-0.25, -0.2) is 0 Å². The first-order valence-electron chi connectivity index (χ1n) is 6.54. The number of benzene rings is 2. The summed E-state index contributed by atoms with van der Waals surface area (Å²) in [5, 5.41) is 1.16. The highest BCUT2D eigenvalue weighted by Gasteiger charge is 2.16. The maximum atomic E-state index is 12.6. The second-order valence-electron chi connectivity index (χ2n) is 4.74. The minimum absolute atomic E-state index is 0.185. The van der Waals surface area contributed by atoms with Crippen molar-refractivity contribution < 1.29 is 18.7 Å². The molecule has 0 aliphatic carbocycles. The van der Waals surface area contributed by atoms with Gasteiger partial charge in [-0.15, -0.1) is 0 Å². The Kier molecular flexibility index (Phi) is 3.69. The standard InChI is InChI=1S/C17H11ClO4/c1-10(19)22-13-6-7-16-14(8-13)15(9-21-16)17(20)11-2-4-12(18)5-3-11/h2-9H,1H3. The first-order chi connectivity index (χ1) is 10.5. The van der Waals surface area contributed by atoms with Crippen LogP contribution in [0.4, 0.5) is 0 Å². The first-order valence-corrected chi connectivity index (χ1v) is 6.92. The lowest BCUT2D eigenvalue weighted by Gasteiger charge is -2.02. The normalized spacial score (nSPS) is 10.6. The number of rotatable bonds is 3. The molecule has 5 heteroatoms. The van der Waals surface area contributed by atoms with Gasteiger partial charge in [-0.1, -0.05) is 11.6 Å². The molecule has 3 aromatic rings.